The molecule has 0 aliphatic rings. The van der Waals surface area contributed by atoms with E-state index in [0.29, 0.717) is 11.5 Å². The second-order valence-corrected chi connectivity index (χ2v) is 4.79. The number of allylic oxidation sites excluding steroid dienone is 1. The maximum atomic E-state index is 10.9. The molecule has 1 radical (unpaired) electrons. The topological polar surface area (TPSA) is 23.1 Å². The van der Waals surface area contributed by atoms with Gasteiger partial charge < -0.3 is 4.55 Å². The van der Waals surface area contributed by atoms with Crippen molar-refractivity contribution in [3.05, 3.63) is 17.0 Å². The minimum absolute atomic E-state index is 0.243. The van der Waals surface area contributed by atoms with E-state index in [1.165, 1.54) is 0 Å². The summed E-state index contributed by atoms with van der Waals surface area (Å²) in [4.78, 5) is 0. The first kappa shape index (κ1) is 11.6. The van der Waals surface area contributed by atoms with E-state index < -0.39 is 11.2 Å². The molecule has 0 aliphatic heterocycles. The van der Waals surface area contributed by atoms with E-state index in [1.807, 2.05) is 13.3 Å². The maximum absolute atomic E-state index is 10.9. The quantitative estimate of drug-likeness (QED) is 0.509. The molecule has 0 aliphatic carbocycles. The zero-order valence-corrected chi connectivity index (χ0v) is 8.68. The van der Waals surface area contributed by atoms with Crippen molar-refractivity contribution in [3.63, 3.8) is 0 Å². The second-order valence-electron chi connectivity index (χ2n) is 1.91. The van der Waals surface area contributed by atoms with Crippen molar-refractivity contribution in [2.75, 3.05) is 11.5 Å². The number of rotatable bonds is 5. The largest absolute Gasteiger partial charge is 0.616 e. The smallest absolute Gasteiger partial charge is 0.106 e. The number of halogens is 2. The van der Waals surface area contributed by atoms with Gasteiger partial charge >= 0.3 is 0 Å². The van der Waals surface area contributed by atoms with Crippen LogP contribution in [0, 0.1) is 6.42 Å². The van der Waals surface area contributed by atoms with Gasteiger partial charge in [-0.15, -0.1) is 0 Å². The lowest BCUT2D eigenvalue weighted by Crippen LogP contribution is -2.08. The lowest BCUT2D eigenvalue weighted by molar-refractivity contribution is 0.595. The molecule has 0 aromatic heterocycles. The van der Waals surface area contributed by atoms with E-state index in [-0.39, 0.29) is 4.49 Å². The molecule has 0 N–H and O–H groups in total. The van der Waals surface area contributed by atoms with Crippen molar-refractivity contribution in [1.29, 1.82) is 0 Å². The van der Waals surface area contributed by atoms with Crippen LogP contribution in [0.1, 0.15) is 13.3 Å². The van der Waals surface area contributed by atoms with Gasteiger partial charge in [-0.2, -0.15) is 0 Å². The molecular formula is C7H11Cl2OS. The molecule has 0 saturated heterocycles. The first-order valence-electron chi connectivity index (χ1n) is 3.36. The lowest BCUT2D eigenvalue weighted by atomic mass is 10.3. The van der Waals surface area contributed by atoms with Crippen molar-refractivity contribution >= 4 is 34.4 Å². The van der Waals surface area contributed by atoms with E-state index >= 15 is 0 Å². The van der Waals surface area contributed by atoms with Crippen LogP contribution < -0.4 is 0 Å². The summed E-state index contributed by atoms with van der Waals surface area (Å²) in [6.07, 6.45) is 4.20. The first-order valence-corrected chi connectivity index (χ1v) is 5.60. The van der Waals surface area contributed by atoms with Gasteiger partial charge in [0, 0.05) is 0 Å². The monoisotopic (exact) mass is 213 g/mol. The summed E-state index contributed by atoms with van der Waals surface area (Å²) in [6.45, 7) is 1.90. The molecule has 0 fully saturated rings. The van der Waals surface area contributed by atoms with Gasteiger partial charge in [0.05, 0.1) is 0 Å². The molecule has 1 nitrogen and oxygen atoms in total. The highest BCUT2D eigenvalue weighted by Gasteiger charge is 1.99. The fourth-order valence-electron chi connectivity index (χ4n) is 0.516. The Kier molecular flexibility index (Phi) is 7.71. The van der Waals surface area contributed by atoms with Crippen LogP contribution >= 0.6 is 23.2 Å². The number of unbranched alkanes of at least 4 members (excludes halogenated alkanes) is 1. The van der Waals surface area contributed by atoms with Crippen LogP contribution in [0.2, 0.25) is 0 Å². The molecule has 0 heterocycles. The predicted octanol–water partition coefficient (Wildman–Crippen LogP) is 2.67. The summed E-state index contributed by atoms with van der Waals surface area (Å²) in [5.74, 6) is 1.40. The Morgan fingerprint density at radius 3 is 2.64 bits per heavy atom. The van der Waals surface area contributed by atoms with Crippen LogP contribution in [0.3, 0.4) is 0 Å². The Bertz CT molecular complexity index is 124. The highest BCUT2D eigenvalue weighted by atomic mass is 35.5. The first-order chi connectivity index (χ1) is 5.16. The molecule has 0 amide bonds. The van der Waals surface area contributed by atoms with Crippen molar-refractivity contribution in [1.82, 2.24) is 0 Å². The molecular weight excluding hydrogens is 203 g/mol. The van der Waals surface area contributed by atoms with E-state index in [9.17, 15) is 4.55 Å². The van der Waals surface area contributed by atoms with Gasteiger partial charge in [-0.05, 0) is 19.8 Å². The molecule has 4 heteroatoms. The predicted molar refractivity (Wildman–Crippen MR) is 52.3 cm³/mol. The molecule has 0 saturated carbocycles. The summed E-state index contributed by atoms with van der Waals surface area (Å²) in [6, 6.07) is 0. The second kappa shape index (κ2) is 7.29. The van der Waals surface area contributed by atoms with Crippen LogP contribution in [0.5, 0.6) is 0 Å². The average Bonchev–Trinajstić information content (AvgIpc) is 1.97. The third kappa shape index (κ3) is 8.54. The third-order valence-electron chi connectivity index (χ3n) is 1.08. The SMILES string of the molecule is CC[S+]([O-])CC[CH]C=C(Cl)Cl. The summed E-state index contributed by atoms with van der Waals surface area (Å²) >= 11 is 10.0. The van der Waals surface area contributed by atoms with Crippen LogP contribution in [0.4, 0.5) is 0 Å². The van der Waals surface area contributed by atoms with E-state index in [1.54, 1.807) is 6.08 Å². The summed E-state index contributed by atoms with van der Waals surface area (Å²) in [5, 5.41) is 0. The van der Waals surface area contributed by atoms with Gasteiger partial charge in [-0.1, -0.05) is 40.5 Å². The Morgan fingerprint density at radius 2 is 2.18 bits per heavy atom. The van der Waals surface area contributed by atoms with Gasteiger partial charge in [0.1, 0.15) is 16.0 Å². The molecule has 1 atom stereocenters. The van der Waals surface area contributed by atoms with Gasteiger partial charge in [-0.3, -0.25) is 0 Å². The van der Waals surface area contributed by atoms with Crippen molar-refractivity contribution in [3.8, 4) is 0 Å². The normalized spacial score (nSPS) is 12.7. The van der Waals surface area contributed by atoms with E-state index in [0.717, 1.165) is 6.42 Å². The van der Waals surface area contributed by atoms with Gasteiger partial charge in [0.25, 0.3) is 0 Å². The highest BCUT2D eigenvalue weighted by Crippen LogP contribution is 2.08. The molecule has 0 bridgehead atoms. The van der Waals surface area contributed by atoms with Crippen molar-refractivity contribution < 1.29 is 4.55 Å². The average molecular weight is 214 g/mol. The van der Waals surface area contributed by atoms with Gasteiger partial charge in [0.15, 0.2) is 0 Å². The Hall–Kier alpha value is 0.630. The van der Waals surface area contributed by atoms with Crippen LogP contribution in [0.25, 0.3) is 0 Å². The van der Waals surface area contributed by atoms with E-state index in [4.69, 9.17) is 23.2 Å². The zero-order valence-electron chi connectivity index (χ0n) is 6.35. The molecule has 0 spiro atoms. The minimum Gasteiger partial charge on any atom is -0.616 e. The fraction of sp³-hybridized carbons (Fsp3) is 0.571. The molecule has 1 unspecified atom stereocenters. The molecule has 11 heavy (non-hydrogen) atoms. The molecule has 0 rings (SSSR count). The minimum atomic E-state index is -0.688. The Balaban J connectivity index is 3.21. The van der Waals surface area contributed by atoms with Crippen LogP contribution in [-0.2, 0) is 11.2 Å². The standard InChI is InChI=1S/C7H11Cl2OS/c1-2-11(10)6-4-3-5-7(8)9/h3,5H,2,4,6H2,1H3. The Morgan fingerprint density at radius 1 is 1.55 bits per heavy atom. The summed E-state index contributed by atoms with van der Waals surface area (Å²) < 4.78 is 11.1. The molecule has 0 aromatic rings. The lowest BCUT2D eigenvalue weighted by Gasteiger charge is -2.05. The summed E-state index contributed by atoms with van der Waals surface area (Å²) in [5.41, 5.74) is 0. The van der Waals surface area contributed by atoms with Gasteiger partial charge in [-0.25, -0.2) is 0 Å². The highest BCUT2D eigenvalue weighted by molar-refractivity contribution is 7.91. The zero-order chi connectivity index (χ0) is 8.69. The number of hydrogen-bond donors (Lipinski definition) is 0. The Labute approximate surface area is 80.9 Å². The third-order valence-corrected chi connectivity index (χ3v) is 2.66. The van der Waals surface area contributed by atoms with Crippen molar-refractivity contribution in [2.24, 2.45) is 0 Å². The van der Waals surface area contributed by atoms with E-state index in [2.05, 4.69) is 0 Å². The summed E-state index contributed by atoms with van der Waals surface area (Å²) in [7, 11) is 0. The number of hydrogen-bond acceptors (Lipinski definition) is 1. The maximum Gasteiger partial charge on any atom is 0.106 e. The van der Waals surface area contributed by atoms with Crippen LogP contribution in [0.15, 0.2) is 10.6 Å². The van der Waals surface area contributed by atoms with Crippen molar-refractivity contribution in [2.45, 2.75) is 13.3 Å². The molecule has 0 aromatic carbocycles. The van der Waals surface area contributed by atoms with Crippen LogP contribution in [-0.4, -0.2) is 16.1 Å². The van der Waals surface area contributed by atoms with Gasteiger partial charge in [0.2, 0.25) is 0 Å². The fourth-order valence-corrected chi connectivity index (χ4v) is 1.38. The molecule has 65 valence electrons.